The number of nitrogens with one attached hydrogen (secondary N) is 1. The molecule has 0 bridgehead atoms. The van der Waals surface area contributed by atoms with E-state index in [0.29, 0.717) is 10.6 Å². The first-order valence-electron chi connectivity index (χ1n) is 8.59. The molecule has 0 saturated heterocycles. The zero-order chi connectivity index (χ0) is 22.0. The van der Waals surface area contributed by atoms with E-state index in [4.69, 9.17) is 21.1 Å². The van der Waals surface area contributed by atoms with E-state index < -0.39 is 22.9 Å². The van der Waals surface area contributed by atoms with Crippen LogP contribution >= 0.6 is 11.6 Å². The molecule has 0 fully saturated rings. The van der Waals surface area contributed by atoms with E-state index in [1.807, 2.05) is 12.1 Å². The molecule has 0 spiro atoms. The van der Waals surface area contributed by atoms with Crippen molar-refractivity contribution >= 4 is 29.1 Å². The van der Waals surface area contributed by atoms with Crippen molar-refractivity contribution < 1.29 is 19.1 Å². The minimum absolute atomic E-state index is 0.0211. The Balaban J connectivity index is 3.02. The van der Waals surface area contributed by atoms with Crippen LogP contribution in [0.25, 0.3) is 5.57 Å². The molecule has 1 aromatic rings. The highest BCUT2D eigenvalue weighted by molar-refractivity contribution is 6.30. The predicted octanol–water partition coefficient (Wildman–Crippen LogP) is 3.13. The van der Waals surface area contributed by atoms with E-state index >= 15 is 0 Å². The van der Waals surface area contributed by atoms with Crippen LogP contribution in [0.15, 0.2) is 41.1 Å². The molecule has 7 nitrogen and oxygen atoms in total. The Morgan fingerprint density at radius 3 is 1.90 bits per heavy atom. The number of esters is 2. The maximum atomic E-state index is 12.7. The van der Waals surface area contributed by atoms with Crippen LogP contribution in [-0.4, -0.2) is 31.7 Å². The minimum atomic E-state index is -1.96. The number of methoxy groups -OCH3 is 2. The Morgan fingerprint density at radius 2 is 1.48 bits per heavy atom. The quantitative estimate of drug-likeness (QED) is 0.754. The van der Waals surface area contributed by atoms with Crippen LogP contribution in [0.5, 0.6) is 0 Å². The summed E-state index contributed by atoms with van der Waals surface area (Å²) >= 11 is 5.97. The second kappa shape index (κ2) is 7.98. The van der Waals surface area contributed by atoms with Crippen LogP contribution in [0.1, 0.15) is 26.3 Å². The van der Waals surface area contributed by atoms with Crippen LogP contribution in [0.4, 0.5) is 0 Å². The first kappa shape index (κ1) is 22.0. The molecule has 8 heteroatoms. The molecule has 0 amide bonds. The van der Waals surface area contributed by atoms with Crippen LogP contribution < -0.4 is 5.32 Å². The summed E-state index contributed by atoms with van der Waals surface area (Å²) < 4.78 is 9.75. The van der Waals surface area contributed by atoms with Crippen LogP contribution in [0.2, 0.25) is 5.02 Å². The van der Waals surface area contributed by atoms with Crippen molar-refractivity contribution in [1.82, 2.24) is 5.32 Å². The lowest BCUT2D eigenvalue weighted by atomic mass is 9.78. The van der Waals surface area contributed by atoms with E-state index in [9.17, 15) is 20.1 Å². The highest BCUT2D eigenvalue weighted by atomic mass is 35.5. The number of halogens is 1. The van der Waals surface area contributed by atoms with Crippen LogP contribution in [0, 0.1) is 28.1 Å². The smallest absolute Gasteiger partial charge is 0.340 e. The fourth-order valence-electron chi connectivity index (χ4n) is 3.12. The second-order valence-corrected chi connectivity index (χ2v) is 7.78. The van der Waals surface area contributed by atoms with E-state index in [1.54, 1.807) is 45.0 Å². The van der Waals surface area contributed by atoms with Crippen molar-refractivity contribution in [3.8, 4) is 12.1 Å². The monoisotopic (exact) mass is 413 g/mol. The van der Waals surface area contributed by atoms with Gasteiger partial charge in [-0.3, -0.25) is 0 Å². The highest BCUT2D eigenvalue weighted by Crippen LogP contribution is 2.51. The molecule has 0 heterocycles. The Labute approximate surface area is 174 Å². The average molecular weight is 414 g/mol. The van der Waals surface area contributed by atoms with E-state index in [-0.39, 0.29) is 22.4 Å². The average Bonchev–Trinajstić information content (AvgIpc) is 2.96. The normalized spacial score (nSPS) is 15.4. The summed E-state index contributed by atoms with van der Waals surface area (Å²) in [6.45, 7) is 5.39. The molecule has 29 heavy (non-hydrogen) atoms. The molecule has 0 saturated carbocycles. The largest absolute Gasteiger partial charge is 0.465 e. The van der Waals surface area contributed by atoms with Gasteiger partial charge < -0.3 is 14.8 Å². The van der Waals surface area contributed by atoms with Crippen LogP contribution in [-0.2, 0) is 19.1 Å². The van der Waals surface area contributed by atoms with Crippen LogP contribution in [0.3, 0.4) is 0 Å². The Morgan fingerprint density at radius 1 is 1.00 bits per heavy atom. The fraction of sp³-hybridized carbons (Fsp3) is 0.333. The number of ether oxygens (including phenoxy) is 2. The number of carbonyl (C=O) groups is 2. The molecule has 150 valence electrons. The van der Waals surface area contributed by atoms with Gasteiger partial charge in [0.05, 0.1) is 43.2 Å². The summed E-state index contributed by atoms with van der Waals surface area (Å²) in [5, 5.41) is 23.7. The molecule has 0 atom stereocenters. The molecule has 0 unspecified atom stereocenters. The SMILES string of the molecule is COC(=O)C1=C(NC(C)(C)C)C(C#N)(C#N)C(c2ccc(Cl)cc2)=C1C(=O)OC. The standard InChI is InChI=1S/C21H20ClN3O4/c1-20(2,3)25-17-15(19(27)29-5)14(18(26)28-4)16(21(17,10-23)11-24)12-6-8-13(22)9-7-12/h6-9,25H,1-5H3. The maximum absolute atomic E-state index is 12.7. The lowest BCUT2D eigenvalue weighted by Gasteiger charge is -2.30. The van der Waals surface area contributed by atoms with Gasteiger partial charge in [0, 0.05) is 16.1 Å². The van der Waals surface area contributed by atoms with Gasteiger partial charge in [-0.05, 0) is 38.5 Å². The number of carbonyl (C=O) groups excluding carboxylic acids is 2. The number of rotatable bonds is 4. The molecule has 2 rings (SSSR count). The third kappa shape index (κ3) is 3.83. The van der Waals surface area contributed by atoms with Gasteiger partial charge in [-0.15, -0.1) is 0 Å². The van der Waals surface area contributed by atoms with Gasteiger partial charge in [0.15, 0.2) is 0 Å². The summed E-state index contributed by atoms with van der Waals surface area (Å²) in [5.41, 5.74) is -2.60. The number of benzene rings is 1. The van der Waals surface area contributed by atoms with Crippen molar-refractivity contribution in [2.75, 3.05) is 14.2 Å². The van der Waals surface area contributed by atoms with Gasteiger partial charge in [-0.1, -0.05) is 23.7 Å². The molecule has 0 aliphatic heterocycles. The number of hydrogen-bond acceptors (Lipinski definition) is 7. The molecule has 1 aromatic carbocycles. The van der Waals surface area contributed by atoms with E-state index in [2.05, 4.69) is 5.32 Å². The Bertz CT molecular complexity index is 988. The zero-order valence-electron chi connectivity index (χ0n) is 16.7. The number of nitrogens with zero attached hydrogens (tertiary/aromatic N) is 2. The number of allylic oxidation sites excluding steroid dienone is 1. The van der Waals surface area contributed by atoms with Gasteiger partial charge >= 0.3 is 11.9 Å². The Hall–Kier alpha value is -3.29. The molecule has 0 aromatic heterocycles. The first-order valence-corrected chi connectivity index (χ1v) is 8.97. The summed E-state index contributed by atoms with van der Waals surface area (Å²) in [7, 11) is 2.30. The van der Waals surface area contributed by atoms with Gasteiger partial charge in [0.1, 0.15) is 0 Å². The summed E-state index contributed by atoms with van der Waals surface area (Å²) in [4.78, 5) is 25.4. The highest BCUT2D eigenvalue weighted by Gasteiger charge is 2.54. The van der Waals surface area contributed by atoms with Gasteiger partial charge in [-0.25, -0.2) is 9.59 Å². The van der Waals surface area contributed by atoms with E-state index in [1.165, 1.54) is 0 Å². The zero-order valence-corrected chi connectivity index (χ0v) is 17.5. The van der Waals surface area contributed by atoms with Crippen molar-refractivity contribution in [3.63, 3.8) is 0 Å². The summed E-state index contributed by atoms with van der Waals surface area (Å²) in [6, 6.07) is 10.2. The molecule has 1 aliphatic rings. The Kier molecular flexibility index (Phi) is 6.06. The maximum Gasteiger partial charge on any atom is 0.340 e. The summed E-state index contributed by atoms with van der Waals surface area (Å²) in [5.74, 6) is -1.73. The second-order valence-electron chi connectivity index (χ2n) is 7.34. The lowest BCUT2D eigenvalue weighted by molar-refractivity contribution is -0.139. The van der Waals surface area contributed by atoms with Gasteiger partial charge in [0.25, 0.3) is 0 Å². The topological polar surface area (TPSA) is 112 Å². The molecule has 1 N–H and O–H groups in total. The number of hydrogen-bond donors (Lipinski definition) is 1. The van der Waals surface area contributed by atoms with Crippen molar-refractivity contribution in [3.05, 3.63) is 51.7 Å². The predicted molar refractivity (Wildman–Crippen MR) is 106 cm³/mol. The molecule has 1 aliphatic carbocycles. The third-order valence-corrected chi connectivity index (χ3v) is 4.50. The molecular formula is C21H20ClN3O4. The first-order chi connectivity index (χ1) is 13.6. The fourth-order valence-corrected chi connectivity index (χ4v) is 3.25. The van der Waals surface area contributed by atoms with Gasteiger partial charge in [-0.2, -0.15) is 10.5 Å². The molecule has 0 radical (unpaired) electrons. The van der Waals surface area contributed by atoms with Crippen molar-refractivity contribution in [2.45, 2.75) is 26.3 Å². The summed E-state index contributed by atoms with van der Waals surface area (Å²) in [6.07, 6.45) is 0. The van der Waals surface area contributed by atoms with Gasteiger partial charge in [0.2, 0.25) is 5.41 Å². The lowest BCUT2D eigenvalue weighted by Crippen LogP contribution is -2.41. The third-order valence-electron chi connectivity index (χ3n) is 4.25. The van der Waals surface area contributed by atoms with Crippen molar-refractivity contribution in [1.29, 1.82) is 10.5 Å². The molecular weight excluding hydrogens is 394 g/mol. The minimum Gasteiger partial charge on any atom is -0.465 e. The number of nitriles is 2. The van der Waals surface area contributed by atoms with Crippen molar-refractivity contribution in [2.24, 2.45) is 5.41 Å². The van der Waals surface area contributed by atoms with E-state index in [0.717, 1.165) is 14.2 Å².